The van der Waals surface area contributed by atoms with E-state index in [-0.39, 0.29) is 30.4 Å². The number of unbranched alkanes of at least 4 members (excludes halogenated alkanes) is 1. The van der Waals surface area contributed by atoms with E-state index in [9.17, 15) is 18.0 Å². The number of nitrogens with one attached hydrogen (secondary N) is 1. The number of hydrogen-bond acceptors (Lipinski definition) is 5. The third-order valence-corrected chi connectivity index (χ3v) is 5.35. The summed E-state index contributed by atoms with van der Waals surface area (Å²) in [6.45, 7) is 2.28. The van der Waals surface area contributed by atoms with Gasteiger partial charge in [0.15, 0.2) is 0 Å². The third kappa shape index (κ3) is 3.06. The molecule has 0 saturated carbocycles. The fourth-order valence-corrected chi connectivity index (χ4v) is 3.82. The molecule has 1 fully saturated rings. The molecule has 21 heavy (non-hydrogen) atoms. The first-order valence-electron chi connectivity index (χ1n) is 6.62. The van der Waals surface area contributed by atoms with Crippen molar-refractivity contribution < 1.29 is 8.42 Å². The van der Waals surface area contributed by atoms with Crippen molar-refractivity contribution in [3.63, 3.8) is 0 Å². The molecule has 0 atom stereocenters. The molecule has 2 heterocycles. The van der Waals surface area contributed by atoms with Crippen molar-refractivity contribution in [2.75, 3.05) is 18.8 Å². The fraction of sp³-hybridized carbons (Fsp3) is 0.583. The summed E-state index contributed by atoms with van der Waals surface area (Å²) in [7, 11) is -3.28. The summed E-state index contributed by atoms with van der Waals surface area (Å²) < 4.78 is 26.4. The summed E-state index contributed by atoms with van der Waals surface area (Å²) in [5, 5.41) is 8.79. The molecule has 114 valence electrons. The maximum atomic E-state index is 11.9. The van der Waals surface area contributed by atoms with Gasteiger partial charge >= 0.3 is 5.69 Å². The molecular weight excluding hydrogens is 296 g/mol. The molecule has 0 aliphatic carbocycles. The van der Waals surface area contributed by atoms with Crippen LogP contribution < -0.4 is 11.2 Å². The number of rotatable bonds is 5. The number of aromatic amines is 1. The van der Waals surface area contributed by atoms with Crippen molar-refractivity contribution in [2.24, 2.45) is 0 Å². The van der Waals surface area contributed by atoms with Crippen LogP contribution in [0.5, 0.6) is 0 Å². The van der Waals surface area contributed by atoms with Crippen molar-refractivity contribution in [3.05, 3.63) is 32.6 Å². The summed E-state index contributed by atoms with van der Waals surface area (Å²) in [4.78, 5) is 25.1. The van der Waals surface area contributed by atoms with Gasteiger partial charge in [0.05, 0.1) is 11.8 Å². The average Bonchev–Trinajstić information content (AvgIpc) is 2.37. The van der Waals surface area contributed by atoms with Crippen LogP contribution in [0.25, 0.3) is 0 Å². The minimum absolute atomic E-state index is 0.0974. The molecule has 0 amide bonds. The maximum Gasteiger partial charge on any atom is 0.328 e. The molecule has 1 aliphatic rings. The summed E-state index contributed by atoms with van der Waals surface area (Å²) in [6.07, 6.45) is 2.57. The molecule has 1 saturated heterocycles. The Morgan fingerprint density at radius 3 is 2.67 bits per heavy atom. The Labute approximate surface area is 121 Å². The highest BCUT2D eigenvalue weighted by molar-refractivity contribution is 7.89. The van der Waals surface area contributed by atoms with Gasteiger partial charge in [-0.1, -0.05) is 13.3 Å². The fourth-order valence-electron chi connectivity index (χ4n) is 2.11. The van der Waals surface area contributed by atoms with Crippen LogP contribution in [0, 0.1) is 11.3 Å². The number of sulfonamides is 1. The average molecular weight is 312 g/mol. The molecule has 0 spiro atoms. The Morgan fingerprint density at radius 1 is 1.43 bits per heavy atom. The van der Waals surface area contributed by atoms with E-state index in [4.69, 9.17) is 5.26 Å². The zero-order chi connectivity index (χ0) is 15.6. The van der Waals surface area contributed by atoms with E-state index in [0.29, 0.717) is 6.42 Å². The third-order valence-electron chi connectivity index (χ3n) is 3.46. The van der Waals surface area contributed by atoms with Crippen molar-refractivity contribution in [2.45, 2.75) is 25.8 Å². The molecule has 2 rings (SSSR count). The quantitative estimate of drug-likeness (QED) is 0.779. The van der Waals surface area contributed by atoms with Crippen LogP contribution >= 0.6 is 0 Å². The Kier molecular flexibility index (Phi) is 4.29. The SMILES string of the molecule is CCCCS(=O)(=O)N1CC(n2cc(C#N)c(=O)[nH]c2=O)C1. The second kappa shape index (κ2) is 5.83. The monoisotopic (exact) mass is 312 g/mol. The molecule has 1 aromatic heterocycles. The molecule has 1 N–H and O–H groups in total. The second-order valence-corrected chi connectivity index (χ2v) is 7.05. The highest BCUT2D eigenvalue weighted by atomic mass is 32.2. The largest absolute Gasteiger partial charge is 0.328 e. The number of nitrogens with zero attached hydrogens (tertiary/aromatic N) is 3. The van der Waals surface area contributed by atoms with E-state index in [0.717, 1.165) is 6.42 Å². The first-order chi connectivity index (χ1) is 9.89. The lowest BCUT2D eigenvalue weighted by Gasteiger charge is -2.38. The molecule has 0 bridgehead atoms. The predicted octanol–water partition coefficient (Wildman–Crippen LogP) is -0.605. The molecule has 1 aromatic rings. The molecule has 8 nitrogen and oxygen atoms in total. The Hall–Kier alpha value is -1.92. The van der Waals surface area contributed by atoms with Gasteiger partial charge in [0, 0.05) is 19.3 Å². The van der Waals surface area contributed by atoms with Crippen molar-refractivity contribution in [1.29, 1.82) is 5.26 Å². The van der Waals surface area contributed by atoms with E-state index < -0.39 is 21.3 Å². The normalized spacial score (nSPS) is 16.4. The zero-order valence-corrected chi connectivity index (χ0v) is 12.4. The first kappa shape index (κ1) is 15.5. The number of nitriles is 1. The van der Waals surface area contributed by atoms with Crippen molar-refractivity contribution >= 4 is 10.0 Å². The van der Waals surface area contributed by atoms with Gasteiger partial charge in [-0.3, -0.25) is 14.3 Å². The smallest absolute Gasteiger partial charge is 0.294 e. The van der Waals surface area contributed by atoms with Crippen molar-refractivity contribution in [1.82, 2.24) is 13.9 Å². The Balaban J connectivity index is 2.14. The van der Waals surface area contributed by atoms with Crippen LogP contribution in [0.3, 0.4) is 0 Å². The standard InChI is InChI=1S/C12H16N4O4S/c1-2-3-4-21(19,20)15-7-10(8-15)16-6-9(5-13)11(17)14-12(16)18/h6,10H,2-4,7-8H2,1H3,(H,14,17,18). The molecule has 0 radical (unpaired) electrons. The number of hydrogen-bond donors (Lipinski definition) is 1. The van der Waals surface area contributed by atoms with E-state index in [1.54, 1.807) is 6.07 Å². The predicted molar refractivity (Wildman–Crippen MR) is 75.3 cm³/mol. The van der Waals surface area contributed by atoms with Gasteiger partial charge in [-0.25, -0.2) is 13.2 Å². The Bertz CT molecular complexity index is 781. The van der Waals surface area contributed by atoms with Crippen LogP contribution in [-0.2, 0) is 10.0 Å². The summed E-state index contributed by atoms with van der Waals surface area (Å²) in [6, 6.07) is 1.35. The maximum absolute atomic E-state index is 11.9. The molecule has 0 aromatic carbocycles. The van der Waals surface area contributed by atoms with Crippen LogP contribution in [0.4, 0.5) is 0 Å². The molecule has 9 heteroatoms. The summed E-state index contributed by atoms with van der Waals surface area (Å²) >= 11 is 0. The number of H-pyrrole nitrogens is 1. The highest BCUT2D eigenvalue weighted by Crippen LogP contribution is 2.23. The van der Waals surface area contributed by atoms with Gasteiger partial charge in [-0.05, 0) is 6.42 Å². The first-order valence-corrected chi connectivity index (χ1v) is 8.23. The van der Waals surface area contributed by atoms with Gasteiger partial charge in [0.1, 0.15) is 11.6 Å². The summed E-state index contributed by atoms with van der Waals surface area (Å²) in [5.41, 5.74) is -1.53. The van der Waals surface area contributed by atoms with Gasteiger partial charge < -0.3 is 0 Å². The molecule has 0 unspecified atom stereocenters. The lowest BCUT2D eigenvalue weighted by atomic mass is 10.2. The van der Waals surface area contributed by atoms with E-state index in [1.165, 1.54) is 15.1 Å². The van der Waals surface area contributed by atoms with Gasteiger partial charge in [-0.15, -0.1) is 0 Å². The Morgan fingerprint density at radius 2 is 2.10 bits per heavy atom. The molecular formula is C12H16N4O4S. The van der Waals surface area contributed by atoms with Gasteiger partial charge in [-0.2, -0.15) is 9.57 Å². The lowest BCUT2D eigenvalue weighted by molar-refractivity contribution is 0.198. The van der Waals surface area contributed by atoms with Gasteiger partial charge in [0.2, 0.25) is 10.0 Å². The minimum atomic E-state index is -3.28. The zero-order valence-electron chi connectivity index (χ0n) is 11.6. The van der Waals surface area contributed by atoms with E-state index >= 15 is 0 Å². The van der Waals surface area contributed by atoms with Crippen LogP contribution in [-0.4, -0.2) is 41.1 Å². The second-order valence-electron chi connectivity index (χ2n) is 4.96. The minimum Gasteiger partial charge on any atom is -0.294 e. The summed E-state index contributed by atoms with van der Waals surface area (Å²) in [5.74, 6) is 0.0974. The van der Waals surface area contributed by atoms with Crippen LogP contribution in [0.15, 0.2) is 15.8 Å². The molecule has 1 aliphatic heterocycles. The van der Waals surface area contributed by atoms with Crippen LogP contribution in [0.2, 0.25) is 0 Å². The van der Waals surface area contributed by atoms with E-state index in [2.05, 4.69) is 4.98 Å². The van der Waals surface area contributed by atoms with Crippen molar-refractivity contribution in [3.8, 4) is 6.07 Å². The highest BCUT2D eigenvalue weighted by Gasteiger charge is 2.36. The van der Waals surface area contributed by atoms with Gasteiger partial charge in [0.25, 0.3) is 5.56 Å². The lowest BCUT2D eigenvalue weighted by Crippen LogP contribution is -2.54. The van der Waals surface area contributed by atoms with Crippen LogP contribution in [0.1, 0.15) is 31.4 Å². The van der Waals surface area contributed by atoms with E-state index in [1.807, 2.05) is 6.92 Å². The topological polar surface area (TPSA) is 116 Å². The number of aromatic nitrogens is 2.